The molecule has 2 aliphatic rings. The maximum absolute atomic E-state index is 14.4. The molecule has 1 aromatic carbocycles. The molecular weight excluding hydrogens is 925 g/mol. The van der Waals surface area contributed by atoms with Gasteiger partial charge >= 0.3 is 5.97 Å². The SMILES string of the molecule is CCCCC[C@@H]1NC(=O)CSC[C@@H](C(=O)C(C)C)NC(=O)[C@H](Cc2ccccc2)CC(=O)[C@@H]2CSSC[C@H](NC1=O)C(=O)C[C@@H](CCCN=C(N)N)C(=O)NCC(=O)C[C@@H](CC(=O)O)C(=O)N2. The van der Waals surface area contributed by atoms with E-state index in [4.69, 9.17) is 11.5 Å². The normalized spacial score (nSPS) is 25.0. The average molecular weight is 991 g/mol. The summed E-state index contributed by atoms with van der Waals surface area (Å²) in [5.74, 6) is -11.5. The molecule has 10 N–H and O–H groups in total. The molecule has 2 saturated heterocycles. The van der Waals surface area contributed by atoms with Crippen LogP contribution in [0, 0.1) is 23.7 Å². The van der Waals surface area contributed by atoms with E-state index in [9.17, 15) is 53.1 Å². The topological polar surface area (TPSA) is 315 Å². The number of nitrogens with one attached hydrogen (secondary N) is 5. The molecule has 370 valence electrons. The summed E-state index contributed by atoms with van der Waals surface area (Å²) in [5.41, 5.74) is 11.7. The third-order valence-corrected chi connectivity index (χ3v) is 14.6. The largest absolute Gasteiger partial charge is 0.481 e. The number of nitrogens with zero attached hydrogens (tertiary/aromatic N) is 1. The second-order valence-electron chi connectivity index (χ2n) is 17.1. The lowest BCUT2D eigenvalue weighted by Gasteiger charge is -2.26. The number of carboxylic acid groups (broad SMARTS) is 1. The Balaban J connectivity index is 2.16. The summed E-state index contributed by atoms with van der Waals surface area (Å²) in [6, 6.07) is 4.21. The molecule has 22 heteroatoms. The minimum Gasteiger partial charge on any atom is -0.481 e. The third kappa shape index (κ3) is 20.8. The number of aliphatic carboxylic acids is 1. The molecule has 0 aliphatic carbocycles. The fraction of sp³-hybridized carbons (Fsp3) is 0.622. The summed E-state index contributed by atoms with van der Waals surface area (Å²) < 4.78 is 0. The van der Waals surface area contributed by atoms with Gasteiger partial charge in [-0.1, -0.05) is 92.0 Å². The highest BCUT2D eigenvalue weighted by molar-refractivity contribution is 8.76. The van der Waals surface area contributed by atoms with Crippen LogP contribution in [-0.4, -0.2) is 130 Å². The van der Waals surface area contributed by atoms with Crippen molar-refractivity contribution in [2.24, 2.45) is 40.1 Å². The van der Waals surface area contributed by atoms with E-state index in [2.05, 4.69) is 31.6 Å². The number of unbranched alkanes of at least 4 members (excludes halogenated alkanes) is 2. The van der Waals surface area contributed by atoms with Crippen molar-refractivity contribution in [3.8, 4) is 0 Å². The first-order chi connectivity index (χ1) is 31.9. The summed E-state index contributed by atoms with van der Waals surface area (Å²) in [4.78, 5) is 141. The first kappa shape index (κ1) is 56.4. The van der Waals surface area contributed by atoms with E-state index in [0.29, 0.717) is 12.0 Å². The van der Waals surface area contributed by atoms with E-state index in [0.717, 1.165) is 46.2 Å². The highest BCUT2D eigenvalue weighted by atomic mass is 33.1. The molecule has 67 heavy (non-hydrogen) atoms. The summed E-state index contributed by atoms with van der Waals surface area (Å²) in [7, 11) is 2.15. The van der Waals surface area contributed by atoms with E-state index in [1.54, 1.807) is 44.2 Å². The Morgan fingerprint density at radius 2 is 1.37 bits per heavy atom. The number of benzene rings is 1. The standard InChI is InChI=1S/C45H66N8O11S3/c1-4-5-7-14-32-44(64)52-34-24-67-66-23-33(51-43(63)30(20-39(58)59)17-31(54)21-49-41(61)28(18-36(34)55)13-10-15-48-45(46)47)37(56)19-29(16-27-11-8-6-9-12-27)42(62)53-35(40(60)26(2)3)22-65-25-38(57)50-32/h6,8-9,11-12,26,28-30,32-35H,4-5,7,10,13-25H2,1-3H3,(H,49,61)(H,50,57)(H,51,63)(H,52,64)(H,53,62)(H,58,59)(H4,46,47,48)/t28-,29-,30+,32+,33+,34+,35+/m1/s1. The second kappa shape index (κ2) is 29.7. The lowest BCUT2D eigenvalue weighted by Crippen LogP contribution is -2.53. The van der Waals surface area contributed by atoms with Gasteiger partial charge < -0.3 is 43.2 Å². The lowest BCUT2D eigenvalue weighted by molar-refractivity contribution is -0.142. The number of guanidine groups is 1. The highest BCUT2D eigenvalue weighted by Crippen LogP contribution is 2.27. The number of carbonyl (C=O) groups is 10. The quantitative estimate of drug-likeness (QED) is 0.0567. The van der Waals surface area contributed by atoms with Crippen molar-refractivity contribution in [1.82, 2.24) is 26.6 Å². The average Bonchev–Trinajstić information content (AvgIpc) is 3.27. The van der Waals surface area contributed by atoms with Crippen LogP contribution in [0.3, 0.4) is 0 Å². The van der Waals surface area contributed by atoms with Crippen molar-refractivity contribution in [2.45, 2.75) is 116 Å². The summed E-state index contributed by atoms with van der Waals surface area (Å²) in [5, 5.41) is 23.3. The molecule has 19 nitrogen and oxygen atoms in total. The molecule has 0 saturated carbocycles. The Bertz CT molecular complexity index is 1940. The molecule has 0 spiro atoms. The van der Waals surface area contributed by atoms with Crippen molar-refractivity contribution in [1.29, 1.82) is 0 Å². The number of hydrogen-bond donors (Lipinski definition) is 8. The van der Waals surface area contributed by atoms with Crippen molar-refractivity contribution in [3.63, 3.8) is 0 Å². The molecule has 0 radical (unpaired) electrons. The number of thioether (sulfide) groups is 1. The van der Waals surface area contributed by atoms with Gasteiger partial charge in [0, 0.05) is 60.8 Å². The number of amides is 5. The highest BCUT2D eigenvalue weighted by Gasteiger charge is 2.35. The smallest absolute Gasteiger partial charge is 0.304 e. The molecule has 7 atom stereocenters. The molecule has 5 amide bonds. The van der Waals surface area contributed by atoms with Gasteiger partial charge in [0.25, 0.3) is 0 Å². The van der Waals surface area contributed by atoms with Crippen LogP contribution in [0.5, 0.6) is 0 Å². The second-order valence-corrected chi connectivity index (χ2v) is 20.7. The predicted octanol–water partition coefficient (Wildman–Crippen LogP) is 1.49. The number of fused-ring (bicyclic) bond motifs is 5. The van der Waals surface area contributed by atoms with Crippen LogP contribution in [0.1, 0.15) is 90.5 Å². The van der Waals surface area contributed by atoms with Crippen LogP contribution in [-0.2, 0) is 54.4 Å². The number of nitrogens with two attached hydrogens (primary N) is 2. The molecule has 2 heterocycles. The minimum absolute atomic E-state index is 0.0115. The van der Waals surface area contributed by atoms with Crippen LogP contribution in [0.15, 0.2) is 35.3 Å². The van der Waals surface area contributed by atoms with Crippen LogP contribution in [0.25, 0.3) is 0 Å². The molecular formula is C45H66N8O11S3. The van der Waals surface area contributed by atoms with E-state index in [1.807, 2.05) is 6.92 Å². The monoisotopic (exact) mass is 990 g/mol. The van der Waals surface area contributed by atoms with Gasteiger partial charge in [-0.15, -0.1) is 11.8 Å². The zero-order valence-electron chi connectivity index (χ0n) is 38.4. The fourth-order valence-corrected chi connectivity index (χ4v) is 10.7. The molecule has 2 aliphatic heterocycles. The van der Waals surface area contributed by atoms with Gasteiger partial charge in [0.15, 0.2) is 29.1 Å². The van der Waals surface area contributed by atoms with Gasteiger partial charge in [-0.3, -0.25) is 52.9 Å². The number of aliphatic imine (C=N–C) groups is 1. The van der Waals surface area contributed by atoms with Gasteiger partial charge in [-0.25, -0.2) is 0 Å². The van der Waals surface area contributed by atoms with E-state index in [1.165, 1.54) is 0 Å². The third-order valence-electron chi connectivity index (χ3n) is 11.2. The van der Waals surface area contributed by atoms with Crippen molar-refractivity contribution < 1.29 is 53.1 Å². The zero-order valence-corrected chi connectivity index (χ0v) is 40.8. The van der Waals surface area contributed by atoms with Crippen LogP contribution in [0.4, 0.5) is 0 Å². The molecule has 2 fully saturated rings. The molecule has 0 aromatic heterocycles. The van der Waals surface area contributed by atoms with Crippen LogP contribution < -0.4 is 38.1 Å². The Kier molecular flexibility index (Phi) is 25.0. The number of carboxylic acids is 1. The van der Waals surface area contributed by atoms with Crippen molar-refractivity contribution in [2.75, 3.05) is 36.1 Å². The molecule has 3 rings (SSSR count). The maximum Gasteiger partial charge on any atom is 0.304 e. The van der Waals surface area contributed by atoms with Gasteiger partial charge in [0.05, 0.1) is 42.8 Å². The maximum atomic E-state index is 14.4. The Morgan fingerprint density at radius 3 is 1.99 bits per heavy atom. The Hall–Kier alpha value is -4.96. The zero-order chi connectivity index (χ0) is 49.5. The first-order valence-corrected chi connectivity index (χ1v) is 26.2. The lowest BCUT2D eigenvalue weighted by atomic mass is 9.90. The van der Waals surface area contributed by atoms with Gasteiger partial charge in [-0.05, 0) is 31.2 Å². The van der Waals surface area contributed by atoms with Crippen LogP contribution in [0.2, 0.25) is 0 Å². The number of Topliss-reactive ketones (excluding diaryl/α,β-unsaturated/α-hetero) is 4. The van der Waals surface area contributed by atoms with Gasteiger partial charge in [0.2, 0.25) is 29.5 Å². The van der Waals surface area contributed by atoms with E-state index < -0.39 is 127 Å². The van der Waals surface area contributed by atoms with E-state index >= 15 is 0 Å². The predicted molar refractivity (Wildman–Crippen MR) is 259 cm³/mol. The van der Waals surface area contributed by atoms with Crippen LogP contribution >= 0.6 is 33.3 Å². The van der Waals surface area contributed by atoms with Crippen molar-refractivity contribution in [3.05, 3.63) is 35.9 Å². The summed E-state index contributed by atoms with van der Waals surface area (Å²) in [6.07, 6.45) is 0.605. The number of ketones is 4. The van der Waals surface area contributed by atoms with E-state index in [-0.39, 0.29) is 73.4 Å². The van der Waals surface area contributed by atoms with Crippen molar-refractivity contribution >= 4 is 97.9 Å². The number of hydrogen-bond acceptors (Lipinski definition) is 14. The molecule has 2 bridgehead atoms. The van der Waals surface area contributed by atoms with Gasteiger partial charge in [0.1, 0.15) is 6.04 Å². The summed E-state index contributed by atoms with van der Waals surface area (Å²) in [6.45, 7) is 4.85. The van der Waals surface area contributed by atoms with Gasteiger partial charge in [-0.2, -0.15) is 0 Å². The number of rotatable bonds is 14. The first-order valence-electron chi connectivity index (χ1n) is 22.6. The Morgan fingerprint density at radius 1 is 0.746 bits per heavy atom. The number of carbonyl (C=O) groups excluding carboxylic acids is 9. The molecule has 1 aromatic rings. The molecule has 0 unspecified atom stereocenters. The summed E-state index contributed by atoms with van der Waals surface area (Å²) >= 11 is 1.07. The fourth-order valence-electron chi connectivity index (χ4n) is 7.43. The Labute approximate surface area is 403 Å². The minimum atomic E-state index is -1.45.